The summed E-state index contributed by atoms with van der Waals surface area (Å²) in [5.74, 6) is -0.498. The van der Waals surface area contributed by atoms with Crippen molar-refractivity contribution in [3.05, 3.63) is 46.7 Å². The van der Waals surface area contributed by atoms with Crippen molar-refractivity contribution in [3.63, 3.8) is 0 Å². The molecular weight excluding hydrogens is 266 g/mol. The molecule has 0 N–H and O–H groups in total. The first-order chi connectivity index (χ1) is 9.17. The lowest BCUT2D eigenvalue weighted by atomic mass is 10.2. The molecule has 0 spiro atoms. The van der Waals surface area contributed by atoms with E-state index in [-0.39, 0.29) is 12.3 Å². The molecule has 0 bridgehead atoms. The van der Waals surface area contributed by atoms with Gasteiger partial charge in [-0.1, -0.05) is 17.7 Å². The fourth-order valence-corrected chi connectivity index (χ4v) is 1.80. The Morgan fingerprint density at radius 3 is 3.00 bits per heavy atom. The van der Waals surface area contributed by atoms with Crippen molar-refractivity contribution in [3.8, 4) is 11.8 Å². The zero-order valence-electron chi connectivity index (χ0n) is 10.1. The molecule has 0 aliphatic rings. The standard InChI is InChI=1S/C13H10ClN3O2/c1-2-19-13(18)11-6-7-17(16-11)12-5-3-4-10(14)9(12)8-15/h3-7H,2H2,1H3. The van der Waals surface area contributed by atoms with Crippen molar-refractivity contribution in [2.24, 2.45) is 0 Å². The van der Waals surface area contributed by atoms with E-state index in [0.29, 0.717) is 16.3 Å². The molecule has 0 saturated carbocycles. The Labute approximate surface area is 115 Å². The van der Waals surface area contributed by atoms with Gasteiger partial charge in [-0.25, -0.2) is 9.48 Å². The van der Waals surface area contributed by atoms with Gasteiger partial charge in [0, 0.05) is 6.20 Å². The molecule has 0 fully saturated rings. The number of esters is 1. The summed E-state index contributed by atoms with van der Waals surface area (Å²) in [6, 6.07) is 8.58. The topological polar surface area (TPSA) is 67.9 Å². The van der Waals surface area contributed by atoms with Gasteiger partial charge >= 0.3 is 5.97 Å². The number of hydrogen-bond acceptors (Lipinski definition) is 4. The lowest BCUT2D eigenvalue weighted by Crippen LogP contribution is -2.07. The van der Waals surface area contributed by atoms with Gasteiger partial charge in [-0.3, -0.25) is 0 Å². The highest BCUT2D eigenvalue weighted by Gasteiger charge is 2.13. The van der Waals surface area contributed by atoms with Crippen molar-refractivity contribution in [2.45, 2.75) is 6.92 Å². The first kappa shape index (κ1) is 13.1. The number of carbonyl (C=O) groups excluding carboxylic acids is 1. The third kappa shape index (κ3) is 2.59. The highest BCUT2D eigenvalue weighted by molar-refractivity contribution is 6.32. The molecular formula is C13H10ClN3O2. The van der Waals surface area contributed by atoms with Crippen LogP contribution in [-0.2, 0) is 4.74 Å². The number of ether oxygens (including phenoxy) is 1. The minimum Gasteiger partial charge on any atom is -0.461 e. The number of hydrogen-bond donors (Lipinski definition) is 0. The molecule has 0 saturated heterocycles. The summed E-state index contributed by atoms with van der Waals surface area (Å²) < 4.78 is 6.28. The Hall–Kier alpha value is -2.32. The molecule has 0 atom stereocenters. The third-order valence-electron chi connectivity index (χ3n) is 2.42. The van der Waals surface area contributed by atoms with E-state index in [1.54, 1.807) is 31.3 Å². The number of rotatable bonds is 3. The first-order valence-electron chi connectivity index (χ1n) is 5.59. The summed E-state index contributed by atoms with van der Waals surface area (Å²) >= 11 is 5.94. The maximum absolute atomic E-state index is 11.5. The molecule has 2 aromatic rings. The predicted molar refractivity (Wildman–Crippen MR) is 69.2 cm³/mol. The van der Waals surface area contributed by atoms with E-state index in [4.69, 9.17) is 21.6 Å². The number of nitrogens with zero attached hydrogens (tertiary/aromatic N) is 3. The van der Waals surface area contributed by atoms with Gasteiger partial charge in [0.15, 0.2) is 5.69 Å². The molecule has 6 heteroatoms. The van der Waals surface area contributed by atoms with E-state index in [1.165, 1.54) is 10.7 Å². The molecule has 0 aliphatic carbocycles. The van der Waals surface area contributed by atoms with Gasteiger partial charge in [0.2, 0.25) is 0 Å². The normalized spacial score (nSPS) is 9.95. The maximum Gasteiger partial charge on any atom is 0.358 e. The van der Waals surface area contributed by atoms with Crippen molar-refractivity contribution in [2.75, 3.05) is 6.61 Å². The smallest absolute Gasteiger partial charge is 0.358 e. The second-order valence-electron chi connectivity index (χ2n) is 3.61. The average Bonchev–Trinajstić information content (AvgIpc) is 2.88. The molecule has 2 rings (SSSR count). The Balaban J connectivity index is 2.42. The maximum atomic E-state index is 11.5. The molecule has 0 radical (unpaired) electrons. The zero-order valence-corrected chi connectivity index (χ0v) is 10.9. The van der Waals surface area contributed by atoms with Gasteiger partial charge in [0.25, 0.3) is 0 Å². The summed E-state index contributed by atoms with van der Waals surface area (Å²) in [7, 11) is 0. The van der Waals surface area contributed by atoms with Gasteiger partial charge in [0.05, 0.1) is 22.9 Å². The van der Waals surface area contributed by atoms with E-state index in [1.807, 2.05) is 6.07 Å². The SMILES string of the molecule is CCOC(=O)c1ccn(-c2cccc(Cl)c2C#N)n1. The number of benzene rings is 1. The van der Waals surface area contributed by atoms with E-state index in [9.17, 15) is 4.79 Å². The number of carbonyl (C=O) groups is 1. The molecule has 1 aromatic heterocycles. The van der Waals surface area contributed by atoms with Gasteiger partial charge in [-0.05, 0) is 25.1 Å². The predicted octanol–water partition coefficient (Wildman–Crippen LogP) is 2.57. The number of nitriles is 1. The van der Waals surface area contributed by atoms with Gasteiger partial charge in [-0.15, -0.1) is 0 Å². The van der Waals surface area contributed by atoms with Crippen LogP contribution in [-0.4, -0.2) is 22.4 Å². The quantitative estimate of drug-likeness (QED) is 0.808. The van der Waals surface area contributed by atoms with Crippen molar-refractivity contribution in [1.82, 2.24) is 9.78 Å². The second-order valence-corrected chi connectivity index (χ2v) is 4.02. The van der Waals surface area contributed by atoms with Gasteiger partial charge in [0.1, 0.15) is 6.07 Å². The van der Waals surface area contributed by atoms with Gasteiger partial charge < -0.3 is 4.74 Å². The summed E-state index contributed by atoms with van der Waals surface area (Å²) in [6.45, 7) is 2.01. The Morgan fingerprint density at radius 1 is 1.53 bits per heavy atom. The molecule has 1 aromatic carbocycles. The zero-order chi connectivity index (χ0) is 13.8. The van der Waals surface area contributed by atoms with Gasteiger partial charge in [-0.2, -0.15) is 10.4 Å². The lowest BCUT2D eigenvalue weighted by molar-refractivity contribution is 0.0519. The molecule has 96 valence electrons. The molecule has 0 unspecified atom stereocenters. The van der Waals surface area contributed by atoms with Crippen LogP contribution >= 0.6 is 11.6 Å². The van der Waals surface area contributed by atoms with Crippen LogP contribution in [0.3, 0.4) is 0 Å². The number of halogens is 1. The highest BCUT2D eigenvalue weighted by atomic mass is 35.5. The second kappa shape index (κ2) is 5.55. The van der Waals surface area contributed by atoms with E-state index in [2.05, 4.69) is 5.10 Å². The van der Waals surface area contributed by atoms with E-state index < -0.39 is 5.97 Å². The fraction of sp³-hybridized carbons (Fsp3) is 0.154. The number of aromatic nitrogens is 2. The Bertz CT molecular complexity index is 658. The van der Waals surface area contributed by atoms with Crippen LogP contribution in [0.5, 0.6) is 0 Å². The average molecular weight is 276 g/mol. The van der Waals surface area contributed by atoms with Crippen LogP contribution < -0.4 is 0 Å². The Morgan fingerprint density at radius 2 is 2.32 bits per heavy atom. The summed E-state index contributed by atoms with van der Waals surface area (Å²) in [4.78, 5) is 11.5. The van der Waals surface area contributed by atoms with E-state index in [0.717, 1.165) is 0 Å². The first-order valence-corrected chi connectivity index (χ1v) is 5.97. The van der Waals surface area contributed by atoms with Crippen LogP contribution in [0.25, 0.3) is 5.69 Å². The minimum atomic E-state index is -0.498. The van der Waals surface area contributed by atoms with E-state index >= 15 is 0 Å². The van der Waals surface area contributed by atoms with Crippen LogP contribution in [0, 0.1) is 11.3 Å². The lowest BCUT2D eigenvalue weighted by Gasteiger charge is -2.05. The summed E-state index contributed by atoms with van der Waals surface area (Å²) in [6.07, 6.45) is 1.58. The third-order valence-corrected chi connectivity index (χ3v) is 2.74. The minimum absolute atomic E-state index is 0.186. The summed E-state index contributed by atoms with van der Waals surface area (Å²) in [5.41, 5.74) is 1.01. The van der Waals surface area contributed by atoms with Crippen LogP contribution in [0.2, 0.25) is 5.02 Å². The largest absolute Gasteiger partial charge is 0.461 e. The van der Waals surface area contributed by atoms with Crippen LogP contribution in [0.1, 0.15) is 23.0 Å². The molecule has 5 nitrogen and oxygen atoms in total. The Kier molecular flexibility index (Phi) is 3.83. The molecule has 0 amide bonds. The van der Waals surface area contributed by atoms with Crippen molar-refractivity contribution < 1.29 is 9.53 Å². The van der Waals surface area contributed by atoms with Crippen molar-refractivity contribution in [1.29, 1.82) is 5.26 Å². The van der Waals surface area contributed by atoms with Crippen LogP contribution in [0.4, 0.5) is 0 Å². The highest BCUT2D eigenvalue weighted by Crippen LogP contribution is 2.22. The molecule has 0 aliphatic heterocycles. The molecule has 1 heterocycles. The summed E-state index contributed by atoms with van der Waals surface area (Å²) in [5, 5.41) is 13.5. The van der Waals surface area contributed by atoms with Crippen LogP contribution in [0.15, 0.2) is 30.5 Å². The fourth-order valence-electron chi connectivity index (χ4n) is 1.59. The van der Waals surface area contributed by atoms with Crippen molar-refractivity contribution >= 4 is 17.6 Å². The monoisotopic (exact) mass is 275 g/mol. The molecule has 19 heavy (non-hydrogen) atoms.